The van der Waals surface area contributed by atoms with Crippen molar-refractivity contribution < 1.29 is 14.3 Å². The topological polar surface area (TPSA) is 61.3 Å². The van der Waals surface area contributed by atoms with Gasteiger partial charge in [-0.25, -0.2) is 9.78 Å². The van der Waals surface area contributed by atoms with Crippen LogP contribution in [0.5, 0.6) is 5.75 Å². The number of hydrogen-bond donors (Lipinski definition) is 0. The van der Waals surface area contributed by atoms with Crippen molar-refractivity contribution in [2.24, 2.45) is 0 Å². The Hall–Kier alpha value is -3.99. The molecule has 0 saturated heterocycles. The van der Waals surface area contributed by atoms with Gasteiger partial charge >= 0.3 is 5.97 Å². The van der Waals surface area contributed by atoms with Crippen molar-refractivity contribution >= 4 is 28.0 Å². The van der Waals surface area contributed by atoms with Crippen LogP contribution in [0.4, 0.5) is 0 Å². The molecule has 158 valence electrons. The Morgan fingerprint density at radius 2 is 1.62 bits per heavy atom. The van der Waals surface area contributed by atoms with E-state index in [4.69, 9.17) is 9.47 Å². The number of cyclic esters (lactones) is 1. The number of para-hydroxylation sites is 1. The maximum Gasteiger partial charge on any atom is 0.340 e. The Kier molecular flexibility index (Phi) is 4.94. The molecule has 0 unspecified atom stereocenters. The maximum absolute atomic E-state index is 12.7. The van der Waals surface area contributed by atoms with Crippen LogP contribution >= 0.6 is 0 Å². The first-order valence-corrected chi connectivity index (χ1v) is 10.5. The molecule has 0 amide bonds. The number of fused-ring (bicyclic) bond motifs is 1. The lowest BCUT2D eigenvalue weighted by molar-refractivity contribution is -0.141. The number of ether oxygens (including phenoxy) is 2. The summed E-state index contributed by atoms with van der Waals surface area (Å²) in [4.78, 5) is 21.4. The molecule has 4 aromatic rings. The number of rotatable bonds is 5. The summed E-state index contributed by atoms with van der Waals surface area (Å²) in [5, 5.41) is 1.11. The molecular weight excluding hydrogens is 400 g/mol. The zero-order valence-corrected chi connectivity index (χ0v) is 17.9. The predicted octanol–water partition coefficient (Wildman–Crippen LogP) is 5.46. The van der Waals surface area contributed by atoms with E-state index >= 15 is 0 Å². The zero-order valence-electron chi connectivity index (χ0n) is 17.9. The molecule has 2 aromatic carbocycles. The molecule has 0 bridgehead atoms. The van der Waals surface area contributed by atoms with Crippen LogP contribution < -0.4 is 4.74 Å². The van der Waals surface area contributed by atoms with Gasteiger partial charge < -0.3 is 9.47 Å². The standard InChI is InChI=1S/C27H22N2O3/c1-27(2)25(24(26(30)32-27)19-13-15-28-16-14-19)20-8-11-22(12-9-20)31-17-21-10-7-18-5-3-4-6-23(18)29-21/h3-16H,17H2,1-2H3. The quantitative estimate of drug-likeness (QED) is 0.400. The van der Waals surface area contributed by atoms with E-state index in [1.807, 2.05) is 80.6 Å². The normalized spacial score (nSPS) is 15.1. The Balaban J connectivity index is 1.40. The van der Waals surface area contributed by atoms with Crippen molar-refractivity contribution in [1.82, 2.24) is 9.97 Å². The van der Waals surface area contributed by atoms with Crippen molar-refractivity contribution in [2.75, 3.05) is 0 Å². The molecule has 32 heavy (non-hydrogen) atoms. The molecule has 5 nitrogen and oxygen atoms in total. The van der Waals surface area contributed by atoms with Gasteiger partial charge in [0.15, 0.2) is 0 Å². The fourth-order valence-electron chi connectivity index (χ4n) is 4.07. The second-order valence-corrected chi connectivity index (χ2v) is 8.19. The van der Waals surface area contributed by atoms with Gasteiger partial charge in [0.25, 0.3) is 0 Å². The van der Waals surface area contributed by atoms with Crippen LogP contribution in [0.1, 0.15) is 30.7 Å². The molecule has 1 aliphatic heterocycles. The number of nitrogens with zero attached hydrogens (tertiary/aromatic N) is 2. The molecule has 0 saturated carbocycles. The SMILES string of the molecule is CC1(C)OC(=O)C(c2ccncc2)=C1c1ccc(OCc2ccc3ccccc3n2)cc1. The Morgan fingerprint density at radius 3 is 2.41 bits per heavy atom. The Morgan fingerprint density at radius 1 is 0.875 bits per heavy atom. The lowest BCUT2D eigenvalue weighted by Crippen LogP contribution is -2.22. The van der Waals surface area contributed by atoms with E-state index in [0.717, 1.165) is 39.0 Å². The molecule has 5 rings (SSSR count). The average Bonchev–Trinajstić information content (AvgIpc) is 3.06. The molecule has 3 heterocycles. The monoisotopic (exact) mass is 422 g/mol. The summed E-state index contributed by atoms with van der Waals surface area (Å²) in [6, 6.07) is 23.4. The van der Waals surface area contributed by atoms with Crippen LogP contribution in [0.2, 0.25) is 0 Å². The number of carbonyl (C=O) groups is 1. The maximum atomic E-state index is 12.7. The number of aromatic nitrogens is 2. The summed E-state index contributed by atoms with van der Waals surface area (Å²) in [5.74, 6) is 0.414. The van der Waals surface area contributed by atoms with Crippen LogP contribution in [-0.4, -0.2) is 21.5 Å². The summed E-state index contributed by atoms with van der Waals surface area (Å²) in [6.45, 7) is 4.19. The molecule has 1 aliphatic rings. The highest BCUT2D eigenvalue weighted by atomic mass is 16.6. The highest BCUT2D eigenvalue weighted by Crippen LogP contribution is 2.43. The van der Waals surface area contributed by atoms with E-state index in [2.05, 4.69) is 16.0 Å². The summed E-state index contributed by atoms with van der Waals surface area (Å²) in [6.07, 6.45) is 3.35. The number of benzene rings is 2. The second-order valence-electron chi connectivity index (χ2n) is 8.19. The van der Waals surface area contributed by atoms with Crippen LogP contribution in [0.15, 0.2) is 85.2 Å². The van der Waals surface area contributed by atoms with Gasteiger partial charge in [0, 0.05) is 23.4 Å². The third-order valence-electron chi connectivity index (χ3n) is 5.56. The van der Waals surface area contributed by atoms with E-state index in [9.17, 15) is 4.79 Å². The molecular formula is C27H22N2O3. The van der Waals surface area contributed by atoms with Gasteiger partial charge in [-0.05, 0) is 61.4 Å². The van der Waals surface area contributed by atoms with Gasteiger partial charge in [0.05, 0.1) is 16.8 Å². The third kappa shape index (κ3) is 3.73. The van der Waals surface area contributed by atoms with Crippen LogP contribution in [0, 0.1) is 0 Å². The lowest BCUT2D eigenvalue weighted by atomic mass is 9.87. The van der Waals surface area contributed by atoms with Gasteiger partial charge in [-0.1, -0.05) is 36.4 Å². The highest BCUT2D eigenvalue weighted by molar-refractivity contribution is 6.28. The summed E-state index contributed by atoms with van der Waals surface area (Å²) in [5.41, 5.74) is 4.24. The van der Waals surface area contributed by atoms with E-state index < -0.39 is 5.60 Å². The number of esters is 1. The number of carbonyl (C=O) groups excluding carboxylic acids is 1. The Bertz CT molecular complexity index is 1330. The first-order chi connectivity index (χ1) is 15.5. The summed E-state index contributed by atoms with van der Waals surface area (Å²) in [7, 11) is 0. The van der Waals surface area contributed by atoms with E-state index in [0.29, 0.717) is 12.2 Å². The molecule has 0 atom stereocenters. The second kappa shape index (κ2) is 7.93. The molecule has 0 fully saturated rings. The van der Waals surface area contributed by atoms with Crippen molar-refractivity contribution in [3.05, 3.63) is 102 Å². The zero-order chi connectivity index (χ0) is 22.1. The van der Waals surface area contributed by atoms with Gasteiger partial charge in [0.2, 0.25) is 0 Å². The van der Waals surface area contributed by atoms with E-state index in [-0.39, 0.29) is 5.97 Å². The van der Waals surface area contributed by atoms with Gasteiger partial charge in [-0.3, -0.25) is 4.98 Å². The fourth-order valence-corrected chi connectivity index (χ4v) is 4.07. The fraction of sp³-hybridized carbons (Fsp3) is 0.148. The number of hydrogen-bond acceptors (Lipinski definition) is 5. The number of pyridine rings is 2. The first-order valence-electron chi connectivity index (χ1n) is 10.5. The molecule has 5 heteroatoms. The molecule has 0 N–H and O–H groups in total. The highest BCUT2D eigenvalue weighted by Gasteiger charge is 2.41. The van der Waals surface area contributed by atoms with Crippen LogP contribution in [-0.2, 0) is 16.1 Å². The third-order valence-corrected chi connectivity index (χ3v) is 5.56. The molecule has 2 aromatic heterocycles. The average molecular weight is 422 g/mol. The van der Waals surface area contributed by atoms with Gasteiger partial charge in [-0.2, -0.15) is 0 Å². The summed E-state index contributed by atoms with van der Waals surface area (Å²) < 4.78 is 11.6. The van der Waals surface area contributed by atoms with Crippen molar-refractivity contribution in [1.29, 1.82) is 0 Å². The first kappa shape index (κ1) is 19.9. The van der Waals surface area contributed by atoms with Crippen molar-refractivity contribution in [3.8, 4) is 5.75 Å². The molecule has 0 spiro atoms. The minimum absolute atomic E-state index is 0.320. The minimum Gasteiger partial charge on any atom is -0.487 e. The lowest BCUT2D eigenvalue weighted by Gasteiger charge is -2.22. The van der Waals surface area contributed by atoms with Gasteiger partial charge in [-0.15, -0.1) is 0 Å². The van der Waals surface area contributed by atoms with Gasteiger partial charge in [0.1, 0.15) is 18.0 Å². The Labute approximate surface area is 186 Å². The van der Waals surface area contributed by atoms with E-state index in [1.54, 1.807) is 12.4 Å². The van der Waals surface area contributed by atoms with Crippen molar-refractivity contribution in [2.45, 2.75) is 26.1 Å². The van der Waals surface area contributed by atoms with E-state index in [1.165, 1.54) is 0 Å². The smallest absolute Gasteiger partial charge is 0.340 e. The van der Waals surface area contributed by atoms with Crippen molar-refractivity contribution in [3.63, 3.8) is 0 Å². The largest absolute Gasteiger partial charge is 0.487 e. The minimum atomic E-state index is -0.729. The summed E-state index contributed by atoms with van der Waals surface area (Å²) >= 11 is 0. The molecule has 0 aliphatic carbocycles. The molecule has 0 radical (unpaired) electrons. The van der Waals surface area contributed by atoms with Crippen LogP contribution in [0.25, 0.3) is 22.0 Å². The van der Waals surface area contributed by atoms with Crippen LogP contribution in [0.3, 0.4) is 0 Å². The predicted molar refractivity (Wildman–Crippen MR) is 124 cm³/mol.